The van der Waals surface area contributed by atoms with Gasteiger partial charge in [0.1, 0.15) is 11.6 Å². The summed E-state index contributed by atoms with van der Waals surface area (Å²) in [5, 5.41) is 3.36. The highest BCUT2D eigenvalue weighted by molar-refractivity contribution is 6.31. The molecule has 2 fully saturated rings. The summed E-state index contributed by atoms with van der Waals surface area (Å²) >= 11 is 6.14. The maximum atomic E-state index is 12.4. The number of rotatable bonds is 4. The van der Waals surface area contributed by atoms with Gasteiger partial charge in [-0.1, -0.05) is 29.8 Å². The van der Waals surface area contributed by atoms with E-state index in [-0.39, 0.29) is 23.5 Å². The van der Waals surface area contributed by atoms with Gasteiger partial charge in [-0.3, -0.25) is 14.5 Å². The first kappa shape index (κ1) is 18.2. The fourth-order valence-corrected chi connectivity index (χ4v) is 3.78. The highest BCUT2D eigenvalue weighted by atomic mass is 35.5. The molecule has 2 amide bonds. The number of likely N-dealkylation sites (N-methyl/N-ethyl adjacent to an activating group) is 2. The minimum absolute atomic E-state index is 0.0376. The predicted molar refractivity (Wildman–Crippen MR) is 95.5 cm³/mol. The molecule has 1 aromatic rings. The lowest BCUT2D eigenvalue weighted by Crippen LogP contribution is -2.73. The highest BCUT2D eigenvalue weighted by Gasteiger charge is 2.50. The molecule has 1 N–H and O–H groups in total. The molecule has 25 heavy (non-hydrogen) atoms. The summed E-state index contributed by atoms with van der Waals surface area (Å²) in [6, 6.07) is 7.34. The van der Waals surface area contributed by atoms with Crippen LogP contribution in [0.3, 0.4) is 0 Å². The van der Waals surface area contributed by atoms with Crippen LogP contribution in [0.25, 0.3) is 0 Å². The van der Waals surface area contributed by atoms with E-state index in [1.807, 2.05) is 41.1 Å². The second kappa shape index (κ2) is 7.32. The fourth-order valence-electron chi connectivity index (χ4n) is 3.55. The number of hydrogen-bond acceptors (Lipinski definition) is 4. The number of nitrogens with zero attached hydrogens (tertiary/aromatic N) is 2. The normalized spacial score (nSPS) is 22.5. The van der Waals surface area contributed by atoms with Crippen molar-refractivity contribution >= 4 is 23.4 Å². The molecule has 2 saturated heterocycles. The van der Waals surface area contributed by atoms with Crippen LogP contribution in [0.15, 0.2) is 24.3 Å². The van der Waals surface area contributed by atoms with E-state index in [0.717, 1.165) is 5.56 Å². The molecule has 1 spiro atoms. The number of carbonyl (C=O) groups excluding carboxylic acids is 2. The topological polar surface area (TPSA) is 61.9 Å². The Balaban J connectivity index is 1.48. The minimum atomic E-state index is -0.334. The molecule has 0 unspecified atom stereocenters. The summed E-state index contributed by atoms with van der Waals surface area (Å²) in [6.45, 7) is 2.18. The van der Waals surface area contributed by atoms with E-state index in [1.54, 1.807) is 7.05 Å². The van der Waals surface area contributed by atoms with Gasteiger partial charge >= 0.3 is 0 Å². The summed E-state index contributed by atoms with van der Waals surface area (Å²) in [4.78, 5) is 28.0. The largest absolute Gasteiger partial charge is 0.368 e. The van der Waals surface area contributed by atoms with Crippen molar-refractivity contribution in [3.8, 4) is 0 Å². The molecule has 0 radical (unpaired) electrons. The number of benzene rings is 1. The summed E-state index contributed by atoms with van der Waals surface area (Å²) in [5.41, 5.74) is 0.661. The maximum absolute atomic E-state index is 12.4. The molecule has 2 heterocycles. The molecule has 1 aromatic carbocycles. The zero-order valence-electron chi connectivity index (χ0n) is 14.6. The Morgan fingerprint density at radius 3 is 2.68 bits per heavy atom. The number of morpholine rings is 1. The smallest absolute Gasteiger partial charge is 0.239 e. The van der Waals surface area contributed by atoms with E-state index in [9.17, 15) is 9.59 Å². The van der Waals surface area contributed by atoms with Gasteiger partial charge in [-0.2, -0.15) is 0 Å². The third-order valence-corrected chi connectivity index (χ3v) is 5.41. The van der Waals surface area contributed by atoms with E-state index < -0.39 is 0 Å². The fraction of sp³-hybridized carbons (Fsp3) is 0.556. The monoisotopic (exact) mass is 365 g/mol. The summed E-state index contributed by atoms with van der Waals surface area (Å²) in [6.07, 6.45) is 1.08. The van der Waals surface area contributed by atoms with E-state index in [1.165, 1.54) is 0 Å². The van der Waals surface area contributed by atoms with Gasteiger partial charge in [-0.25, -0.2) is 0 Å². The lowest BCUT2D eigenvalue weighted by molar-refractivity contribution is -0.201. The first-order valence-corrected chi connectivity index (χ1v) is 8.89. The van der Waals surface area contributed by atoms with Crippen LogP contribution >= 0.6 is 11.6 Å². The quantitative estimate of drug-likeness (QED) is 0.862. The van der Waals surface area contributed by atoms with Crippen LogP contribution in [0.2, 0.25) is 5.02 Å². The minimum Gasteiger partial charge on any atom is -0.368 e. The number of amides is 2. The van der Waals surface area contributed by atoms with Gasteiger partial charge < -0.3 is 15.0 Å². The predicted octanol–water partition coefficient (Wildman–Crippen LogP) is 0.930. The summed E-state index contributed by atoms with van der Waals surface area (Å²) in [7, 11) is 3.55. The molecule has 0 aliphatic carbocycles. The Morgan fingerprint density at radius 2 is 2.04 bits per heavy atom. The van der Waals surface area contributed by atoms with Crippen molar-refractivity contribution < 1.29 is 14.3 Å². The first-order chi connectivity index (χ1) is 11.9. The number of aryl methyl sites for hydroxylation is 1. The van der Waals surface area contributed by atoms with E-state index in [2.05, 4.69) is 5.32 Å². The van der Waals surface area contributed by atoms with Crippen molar-refractivity contribution in [1.29, 1.82) is 0 Å². The van der Waals surface area contributed by atoms with Crippen molar-refractivity contribution in [3.63, 3.8) is 0 Å². The standard InChI is InChI=1S/C18H24ClN3O3/c1-20-17(24)15-9-25-18(10-21(15)2)11-22(12-18)16(23)8-7-13-5-3-4-6-14(13)19/h3-6,15H,7-12H2,1-2H3,(H,20,24)/t15-/m1/s1. The number of halogens is 1. The van der Waals surface area contributed by atoms with E-state index in [0.29, 0.717) is 44.1 Å². The zero-order valence-corrected chi connectivity index (χ0v) is 15.4. The van der Waals surface area contributed by atoms with Gasteiger partial charge in [-0.05, 0) is 25.1 Å². The van der Waals surface area contributed by atoms with Gasteiger partial charge in [0.05, 0.1) is 19.7 Å². The van der Waals surface area contributed by atoms with Crippen LogP contribution in [0, 0.1) is 0 Å². The molecular formula is C18H24ClN3O3. The van der Waals surface area contributed by atoms with Crippen molar-refractivity contribution in [2.24, 2.45) is 0 Å². The molecular weight excluding hydrogens is 342 g/mol. The van der Waals surface area contributed by atoms with Crippen LogP contribution in [0.4, 0.5) is 0 Å². The summed E-state index contributed by atoms with van der Waals surface area (Å²) < 4.78 is 5.95. The molecule has 0 bridgehead atoms. The average Bonchev–Trinajstić information content (AvgIpc) is 2.58. The third kappa shape index (κ3) is 3.81. The van der Waals surface area contributed by atoms with Gasteiger partial charge in [0, 0.05) is 25.0 Å². The van der Waals surface area contributed by atoms with Crippen LogP contribution in [-0.2, 0) is 20.7 Å². The lowest BCUT2D eigenvalue weighted by Gasteiger charge is -2.54. The number of hydrogen-bond donors (Lipinski definition) is 1. The molecule has 0 saturated carbocycles. The van der Waals surface area contributed by atoms with Gasteiger partial charge in [0.15, 0.2) is 0 Å². The van der Waals surface area contributed by atoms with Gasteiger partial charge in [-0.15, -0.1) is 0 Å². The summed E-state index contributed by atoms with van der Waals surface area (Å²) in [5.74, 6) is 0.0783. The number of nitrogens with one attached hydrogen (secondary N) is 1. The molecule has 2 aliphatic rings. The molecule has 0 aromatic heterocycles. The van der Waals surface area contributed by atoms with Gasteiger partial charge in [0.25, 0.3) is 0 Å². The highest BCUT2D eigenvalue weighted by Crippen LogP contribution is 2.31. The van der Waals surface area contributed by atoms with E-state index >= 15 is 0 Å². The molecule has 1 atom stereocenters. The molecule has 2 aliphatic heterocycles. The SMILES string of the molecule is CNC(=O)[C@H]1COC2(CN(C(=O)CCc3ccccc3Cl)C2)CN1C. The average molecular weight is 366 g/mol. The molecule has 7 heteroatoms. The van der Waals surface area contributed by atoms with Gasteiger partial charge in [0.2, 0.25) is 11.8 Å². The number of ether oxygens (including phenoxy) is 1. The number of likely N-dealkylation sites (tertiary alicyclic amines) is 1. The van der Waals surface area contributed by atoms with Crippen LogP contribution in [-0.4, -0.2) is 73.6 Å². The van der Waals surface area contributed by atoms with Crippen LogP contribution in [0.1, 0.15) is 12.0 Å². The third-order valence-electron chi connectivity index (χ3n) is 5.04. The molecule has 136 valence electrons. The molecule has 3 rings (SSSR count). The van der Waals surface area contributed by atoms with E-state index in [4.69, 9.17) is 16.3 Å². The first-order valence-electron chi connectivity index (χ1n) is 8.51. The van der Waals surface area contributed by atoms with Crippen LogP contribution in [0.5, 0.6) is 0 Å². The Labute approximate surface area is 153 Å². The van der Waals surface area contributed by atoms with Crippen molar-refractivity contribution in [3.05, 3.63) is 34.9 Å². The number of carbonyl (C=O) groups is 2. The second-order valence-electron chi connectivity index (χ2n) is 6.88. The Kier molecular flexibility index (Phi) is 5.32. The van der Waals surface area contributed by atoms with Crippen molar-refractivity contribution in [2.75, 3.05) is 40.3 Å². The Hall–Kier alpha value is -1.63. The second-order valence-corrected chi connectivity index (χ2v) is 7.29. The maximum Gasteiger partial charge on any atom is 0.239 e. The van der Waals surface area contributed by atoms with Crippen molar-refractivity contribution in [1.82, 2.24) is 15.1 Å². The van der Waals surface area contributed by atoms with Crippen LogP contribution < -0.4 is 5.32 Å². The lowest BCUT2D eigenvalue weighted by atomic mass is 9.90. The zero-order chi connectivity index (χ0) is 18.0. The Bertz CT molecular complexity index is 661. The molecule has 6 nitrogen and oxygen atoms in total. The Morgan fingerprint density at radius 1 is 1.32 bits per heavy atom. The van der Waals surface area contributed by atoms with Crippen molar-refractivity contribution in [2.45, 2.75) is 24.5 Å².